The fourth-order valence-electron chi connectivity index (χ4n) is 3.37. The third-order valence-electron chi connectivity index (χ3n) is 4.25. The number of amidine groups is 1. The van der Waals surface area contributed by atoms with Crippen molar-refractivity contribution >= 4 is 54.3 Å². The quantitative estimate of drug-likeness (QED) is 0.708. The van der Waals surface area contributed by atoms with Gasteiger partial charge in [-0.15, -0.1) is 0 Å². The maximum absolute atomic E-state index is 12.1. The van der Waals surface area contributed by atoms with Crippen LogP contribution >= 0.6 is 27.7 Å². The summed E-state index contributed by atoms with van der Waals surface area (Å²) in [6.45, 7) is 3.86. The molecule has 1 amide bonds. The van der Waals surface area contributed by atoms with E-state index in [2.05, 4.69) is 20.9 Å². The first-order valence-electron chi connectivity index (χ1n) is 7.75. The minimum Gasteiger partial charge on any atom is -0.375 e. The minimum absolute atomic E-state index is 0.0805. The van der Waals surface area contributed by atoms with Crippen LogP contribution in [0.3, 0.4) is 0 Å². The fourth-order valence-corrected chi connectivity index (χ4v) is 7.98. The standard InChI is InChI=1S/C16H19BrN2O4S2/c1-9-4-11(17)5-10(2)15(9)19-12-7-25(21,22)8-13(12)24-16(19)18-14(20)6-23-3/h4-5,12-13H,6-8H2,1-3H3/t12-,13-/m0/s1. The number of methoxy groups -OCH3 is 1. The highest BCUT2D eigenvalue weighted by atomic mass is 79.9. The first-order valence-corrected chi connectivity index (χ1v) is 11.2. The summed E-state index contributed by atoms with van der Waals surface area (Å²) in [6.07, 6.45) is 0. The van der Waals surface area contributed by atoms with Crippen molar-refractivity contribution in [2.24, 2.45) is 4.99 Å². The van der Waals surface area contributed by atoms with E-state index in [4.69, 9.17) is 4.74 Å². The van der Waals surface area contributed by atoms with Gasteiger partial charge in [0.25, 0.3) is 5.91 Å². The zero-order valence-electron chi connectivity index (χ0n) is 14.2. The van der Waals surface area contributed by atoms with Crippen LogP contribution in [0.15, 0.2) is 21.6 Å². The van der Waals surface area contributed by atoms with Crippen molar-refractivity contribution < 1.29 is 17.9 Å². The maximum Gasteiger partial charge on any atom is 0.274 e. The molecule has 9 heteroatoms. The van der Waals surface area contributed by atoms with Crippen LogP contribution in [0.25, 0.3) is 0 Å². The SMILES string of the molecule is COCC(=O)N=C1S[C@H]2CS(=O)(=O)C[C@@H]2N1c1c(C)cc(Br)cc1C. The second kappa shape index (κ2) is 7.02. The molecule has 2 saturated heterocycles. The molecule has 0 unspecified atom stereocenters. The molecule has 0 spiro atoms. The van der Waals surface area contributed by atoms with Crippen LogP contribution in [0.1, 0.15) is 11.1 Å². The molecule has 0 saturated carbocycles. The van der Waals surface area contributed by atoms with Crippen molar-refractivity contribution in [2.75, 3.05) is 30.1 Å². The van der Waals surface area contributed by atoms with Crippen LogP contribution in [0.2, 0.25) is 0 Å². The largest absolute Gasteiger partial charge is 0.375 e. The molecule has 0 aromatic heterocycles. The Hall–Kier alpha value is -0.900. The number of ether oxygens (including phenoxy) is 1. The van der Waals surface area contributed by atoms with Crippen molar-refractivity contribution in [3.8, 4) is 0 Å². The van der Waals surface area contributed by atoms with Gasteiger partial charge in [0.1, 0.15) is 6.61 Å². The number of benzene rings is 1. The lowest BCUT2D eigenvalue weighted by Gasteiger charge is -2.28. The Kier molecular flexibility index (Phi) is 5.30. The maximum atomic E-state index is 12.1. The monoisotopic (exact) mass is 446 g/mol. The molecule has 2 aliphatic rings. The Bertz CT molecular complexity index is 831. The summed E-state index contributed by atoms with van der Waals surface area (Å²) in [4.78, 5) is 18.1. The smallest absolute Gasteiger partial charge is 0.274 e. The molecule has 1 aromatic carbocycles. The van der Waals surface area contributed by atoms with Gasteiger partial charge in [-0.05, 0) is 37.1 Å². The van der Waals surface area contributed by atoms with E-state index in [-0.39, 0.29) is 35.3 Å². The molecule has 2 heterocycles. The Balaban J connectivity index is 2.09. The number of carbonyl (C=O) groups excluding carboxylic acids is 1. The molecule has 6 nitrogen and oxygen atoms in total. The molecule has 136 valence electrons. The summed E-state index contributed by atoms with van der Waals surface area (Å²) in [5.41, 5.74) is 2.93. The first kappa shape index (κ1) is 18.9. The summed E-state index contributed by atoms with van der Waals surface area (Å²) < 4.78 is 30.0. The van der Waals surface area contributed by atoms with Crippen molar-refractivity contribution in [3.63, 3.8) is 0 Å². The average molecular weight is 447 g/mol. The van der Waals surface area contributed by atoms with Gasteiger partial charge >= 0.3 is 0 Å². The highest BCUT2D eigenvalue weighted by Crippen LogP contribution is 2.43. The fraction of sp³-hybridized carbons (Fsp3) is 0.500. The van der Waals surface area contributed by atoms with E-state index in [0.29, 0.717) is 5.17 Å². The lowest BCUT2D eigenvalue weighted by atomic mass is 10.1. The molecule has 2 fully saturated rings. The molecule has 1 aromatic rings. The first-order chi connectivity index (χ1) is 11.7. The van der Waals surface area contributed by atoms with Gasteiger partial charge in [0.05, 0.1) is 17.5 Å². The molecule has 2 aliphatic heterocycles. The highest BCUT2D eigenvalue weighted by molar-refractivity contribution is 9.10. The van der Waals surface area contributed by atoms with Gasteiger partial charge < -0.3 is 9.64 Å². The number of thioether (sulfide) groups is 1. The normalized spacial score (nSPS) is 26.2. The van der Waals surface area contributed by atoms with E-state index in [1.165, 1.54) is 18.9 Å². The number of aliphatic imine (C=N–C) groups is 1. The van der Waals surface area contributed by atoms with Crippen LogP contribution < -0.4 is 4.90 Å². The molecule has 0 bridgehead atoms. The van der Waals surface area contributed by atoms with Crippen LogP contribution in [-0.4, -0.2) is 56.0 Å². The molecule has 0 aliphatic carbocycles. The number of fused-ring (bicyclic) bond motifs is 1. The van der Waals surface area contributed by atoms with Gasteiger partial charge in [-0.25, -0.2) is 8.42 Å². The second-order valence-electron chi connectivity index (χ2n) is 6.28. The van der Waals surface area contributed by atoms with Crippen LogP contribution in [0.5, 0.6) is 0 Å². The highest BCUT2D eigenvalue weighted by Gasteiger charge is 2.50. The van der Waals surface area contributed by atoms with Crippen LogP contribution in [-0.2, 0) is 19.4 Å². The minimum atomic E-state index is -3.08. The molecule has 0 N–H and O–H groups in total. The van der Waals surface area contributed by atoms with Gasteiger partial charge in [-0.2, -0.15) is 4.99 Å². The Morgan fingerprint density at radius 2 is 2.00 bits per heavy atom. The summed E-state index contributed by atoms with van der Waals surface area (Å²) in [5.74, 6) is -0.174. The van der Waals surface area contributed by atoms with Crippen LogP contribution in [0.4, 0.5) is 5.69 Å². The molecular weight excluding hydrogens is 428 g/mol. The topological polar surface area (TPSA) is 76.0 Å². The van der Waals surface area contributed by atoms with Crippen molar-refractivity contribution in [1.82, 2.24) is 0 Å². The van der Waals surface area contributed by atoms with Gasteiger partial charge in [0, 0.05) is 22.5 Å². The van der Waals surface area contributed by atoms with E-state index >= 15 is 0 Å². The van der Waals surface area contributed by atoms with Gasteiger partial charge in [0.15, 0.2) is 15.0 Å². The summed E-state index contributed by atoms with van der Waals surface area (Å²) in [7, 11) is -1.63. The summed E-state index contributed by atoms with van der Waals surface area (Å²) >= 11 is 4.86. The summed E-state index contributed by atoms with van der Waals surface area (Å²) in [6, 6.07) is 3.76. The van der Waals surface area contributed by atoms with Crippen molar-refractivity contribution in [1.29, 1.82) is 0 Å². The average Bonchev–Trinajstić information content (AvgIpc) is 2.91. The zero-order chi connectivity index (χ0) is 18.4. The van der Waals surface area contributed by atoms with Crippen molar-refractivity contribution in [2.45, 2.75) is 25.1 Å². The molecule has 2 atom stereocenters. The number of hydrogen-bond acceptors (Lipinski definition) is 5. The number of sulfone groups is 1. The number of aryl methyl sites for hydroxylation is 2. The number of rotatable bonds is 3. The van der Waals surface area contributed by atoms with E-state index < -0.39 is 9.84 Å². The summed E-state index contributed by atoms with van der Waals surface area (Å²) in [5, 5.41) is 0.446. The molecule has 25 heavy (non-hydrogen) atoms. The lowest BCUT2D eigenvalue weighted by molar-refractivity contribution is -0.121. The number of carbonyl (C=O) groups is 1. The Morgan fingerprint density at radius 3 is 2.60 bits per heavy atom. The predicted octanol–water partition coefficient (Wildman–Crippen LogP) is 2.31. The molecular formula is C16H19BrN2O4S2. The second-order valence-corrected chi connectivity index (χ2v) is 10.6. The third-order valence-corrected chi connectivity index (χ3v) is 7.92. The number of anilines is 1. The van der Waals surface area contributed by atoms with E-state index in [0.717, 1.165) is 21.3 Å². The van der Waals surface area contributed by atoms with Crippen molar-refractivity contribution in [3.05, 3.63) is 27.7 Å². The van der Waals surface area contributed by atoms with E-state index in [9.17, 15) is 13.2 Å². The van der Waals surface area contributed by atoms with Crippen LogP contribution in [0, 0.1) is 13.8 Å². The molecule has 0 radical (unpaired) electrons. The molecule has 3 rings (SSSR count). The van der Waals surface area contributed by atoms with E-state index in [1.54, 1.807) is 0 Å². The number of amides is 1. The number of hydrogen-bond donors (Lipinski definition) is 0. The number of nitrogens with zero attached hydrogens (tertiary/aromatic N) is 2. The van der Waals surface area contributed by atoms with E-state index in [1.807, 2.05) is 30.9 Å². The zero-order valence-corrected chi connectivity index (χ0v) is 17.4. The lowest BCUT2D eigenvalue weighted by Crippen LogP contribution is -2.38. The Morgan fingerprint density at radius 1 is 1.36 bits per heavy atom. The van der Waals surface area contributed by atoms with Gasteiger partial charge in [-0.1, -0.05) is 27.7 Å². The Labute approximate surface area is 160 Å². The number of halogens is 1. The van der Waals surface area contributed by atoms with Gasteiger partial charge in [0.2, 0.25) is 0 Å². The van der Waals surface area contributed by atoms with Gasteiger partial charge in [-0.3, -0.25) is 4.79 Å². The third kappa shape index (κ3) is 3.79. The predicted molar refractivity (Wildman–Crippen MR) is 104 cm³/mol.